The van der Waals surface area contributed by atoms with Gasteiger partial charge in [-0.2, -0.15) is 0 Å². The van der Waals surface area contributed by atoms with Gasteiger partial charge in [0.15, 0.2) is 0 Å². The SMILES string of the molecule is CCCCCCCC/C=C\CCCCCCCC1=[N+](CC(O)c2ccccc2)CCN1CCO.O=C([O-])[C@H](O)[C@@H](O)[C@H](O)[C@H](O)CO. The molecule has 11 nitrogen and oxygen atoms in total. The number of aliphatic hydroxyl groups excluding tert-OH is 7. The molecule has 1 aliphatic rings. The zero-order chi connectivity index (χ0) is 34.9. The molecule has 0 aromatic heterocycles. The number of carboxylic acid groups (broad SMARTS) is 1. The lowest BCUT2D eigenvalue weighted by atomic mass is 10.0. The molecule has 0 aliphatic carbocycles. The lowest BCUT2D eigenvalue weighted by Crippen LogP contribution is -2.52. The van der Waals surface area contributed by atoms with Crippen molar-refractivity contribution < 1.29 is 50.2 Å². The summed E-state index contributed by atoms with van der Waals surface area (Å²) in [7, 11) is 0. The lowest BCUT2D eigenvalue weighted by Gasteiger charge is -2.25. The normalized spacial score (nSPS) is 16.6. The van der Waals surface area contributed by atoms with E-state index in [4.69, 9.17) is 25.5 Å². The highest BCUT2D eigenvalue weighted by molar-refractivity contribution is 5.78. The van der Waals surface area contributed by atoms with E-state index in [1.165, 1.54) is 89.3 Å². The van der Waals surface area contributed by atoms with Gasteiger partial charge in [0, 0.05) is 6.42 Å². The molecular weight excluding hydrogens is 604 g/mol. The summed E-state index contributed by atoms with van der Waals surface area (Å²) >= 11 is 0. The summed E-state index contributed by atoms with van der Waals surface area (Å²) in [6, 6.07) is 9.94. The van der Waals surface area contributed by atoms with E-state index in [-0.39, 0.29) is 6.61 Å². The summed E-state index contributed by atoms with van der Waals surface area (Å²) in [4.78, 5) is 12.3. The van der Waals surface area contributed by atoms with Gasteiger partial charge in [0.05, 0.1) is 19.2 Å². The van der Waals surface area contributed by atoms with Crippen molar-refractivity contribution in [2.45, 2.75) is 127 Å². The molecule has 0 fully saturated rings. The molecule has 1 heterocycles. The number of carboxylic acids is 1. The summed E-state index contributed by atoms with van der Waals surface area (Å²) in [6.45, 7) is 4.80. The third-order valence-corrected chi connectivity index (χ3v) is 8.48. The third kappa shape index (κ3) is 18.1. The van der Waals surface area contributed by atoms with E-state index in [0.717, 1.165) is 25.1 Å². The van der Waals surface area contributed by atoms with Crippen molar-refractivity contribution >= 4 is 11.8 Å². The maximum Gasteiger partial charge on any atom is 0.247 e. The number of nitrogens with zero attached hydrogens (tertiary/aromatic N) is 2. The van der Waals surface area contributed by atoms with Crippen LogP contribution in [0.4, 0.5) is 0 Å². The fourth-order valence-electron chi connectivity index (χ4n) is 5.58. The Hall–Kier alpha value is -2.38. The molecule has 2 rings (SSSR count). The number of hydrogen-bond acceptors (Lipinski definition) is 10. The molecule has 0 saturated heterocycles. The van der Waals surface area contributed by atoms with Crippen LogP contribution in [0.2, 0.25) is 0 Å². The summed E-state index contributed by atoms with van der Waals surface area (Å²) in [5.74, 6) is -0.668. The summed E-state index contributed by atoms with van der Waals surface area (Å²) in [5.41, 5.74) is 0.975. The Morgan fingerprint density at radius 2 is 1.43 bits per heavy atom. The van der Waals surface area contributed by atoms with E-state index in [0.29, 0.717) is 13.1 Å². The van der Waals surface area contributed by atoms with Crippen LogP contribution in [0.25, 0.3) is 0 Å². The van der Waals surface area contributed by atoms with E-state index < -0.39 is 43.1 Å². The lowest BCUT2D eigenvalue weighted by molar-refractivity contribution is -0.529. The minimum atomic E-state index is -2.31. The summed E-state index contributed by atoms with van der Waals surface area (Å²) in [6.07, 6.45) is 14.4. The van der Waals surface area contributed by atoms with Gasteiger partial charge >= 0.3 is 0 Å². The Morgan fingerprint density at radius 3 is 1.98 bits per heavy atom. The Labute approximate surface area is 281 Å². The Balaban J connectivity index is 0.000000716. The van der Waals surface area contributed by atoms with Crippen LogP contribution in [-0.4, -0.2) is 121 Å². The van der Waals surface area contributed by atoms with Crippen LogP contribution < -0.4 is 5.11 Å². The molecule has 1 aromatic carbocycles. The molecule has 1 unspecified atom stereocenters. The van der Waals surface area contributed by atoms with Crippen LogP contribution in [0, 0.1) is 0 Å². The molecule has 0 saturated carbocycles. The Bertz CT molecular complexity index is 992. The van der Waals surface area contributed by atoms with Crippen molar-refractivity contribution in [3.63, 3.8) is 0 Å². The predicted molar refractivity (Wildman–Crippen MR) is 181 cm³/mol. The molecule has 1 aliphatic heterocycles. The number of rotatable bonds is 25. The second-order valence-electron chi connectivity index (χ2n) is 12.3. The fourth-order valence-corrected chi connectivity index (χ4v) is 5.58. The van der Waals surface area contributed by atoms with E-state index in [1.807, 2.05) is 30.3 Å². The number of β-amino-alcohol motifs (C(OH)–C–C–N with tert-alkyl or cyclic N) is 2. The molecule has 7 N–H and O–H groups in total. The molecule has 0 radical (unpaired) electrons. The average molecular weight is 667 g/mol. The maximum atomic E-state index is 10.7. The van der Waals surface area contributed by atoms with Gasteiger partial charge in [-0.15, -0.1) is 0 Å². The van der Waals surface area contributed by atoms with Gasteiger partial charge in [-0.1, -0.05) is 101 Å². The molecule has 0 spiro atoms. The van der Waals surface area contributed by atoms with Crippen LogP contribution in [-0.2, 0) is 4.79 Å². The second kappa shape index (κ2) is 26.6. The Morgan fingerprint density at radius 1 is 0.851 bits per heavy atom. The topological polar surface area (TPSA) is 188 Å². The molecule has 270 valence electrons. The van der Waals surface area contributed by atoms with Gasteiger partial charge in [0.1, 0.15) is 56.7 Å². The number of aliphatic carboxylic acids is 1. The van der Waals surface area contributed by atoms with Gasteiger partial charge in [0.2, 0.25) is 5.84 Å². The monoisotopic (exact) mass is 666 g/mol. The van der Waals surface area contributed by atoms with E-state index in [1.54, 1.807) is 0 Å². The zero-order valence-electron chi connectivity index (χ0n) is 28.4. The fraction of sp³-hybridized carbons (Fsp3) is 0.722. The number of unbranched alkanes of at least 4 members (excludes halogenated alkanes) is 11. The third-order valence-electron chi connectivity index (χ3n) is 8.48. The van der Waals surface area contributed by atoms with Crippen LogP contribution in [0.15, 0.2) is 42.5 Å². The molecule has 47 heavy (non-hydrogen) atoms. The first-order valence-electron chi connectivity index (χ1n) is 17.6. The summed E-state index contributed by atoms with van der Waals surface area (Å²) in [5, 5.41) is 73.6. The first-order chi connectivity index (χ1) is 22.7. The van der Waals surface area contributed by atoms with Crippen molar-refractivity contribution in [1.29, 1.82) is 0 Å². The quantitative estimate of drug-likeness (QED) is 0.0459. The van der Waals surface area contributed by atoms with Gasteiger partial charge in [-0.05, 0) is 37.7 Å². The van der Waals surface area contributed by atoms with E-state index in [2.05, 4.69) is 28.6 Å². The molecular formula is C36H62N2O9. The summed E-state index contributed by atoms with van der Waals surface area (Å²) < 4.78 is 2.34. The first kappa shape index (κ1) is 42.6. The molecule has 0 amide bonds. The zero-order valence-corrected chi connectivity index (χ0v) is 28.4. The van der Waals surface area contributed by atoms with Crippen molar-refractivity contribution in [1.82, 2.24) is 4.90 Å². The van der Waals surface area contributed by atoms with Crippen molar-refractivity contribution in [3.8, 4) is 0 Å². The second-order valence-corrected chi connectivity index (χ2v) is 12.3. The van der Waals surface area contributed by atoms with Crippen LogP contribution in [0.1, 0.15) is 108 Å². The highest BCUT2D eigenvalue weighted by Gasteiger charge is 2.31. The van der Waals surface area contributed by atoms with Crippen molar-refractivity contribution in [2.24, 2.45) is 0 Å². The highest BCUT2D eigenvalue weighted by atomic mass is 16.4. The van der Waals surface area contributed by atoms with Crippen molar-refractivity contribution in [3.05, 3.63) is 48.0 Å². The molecule has 1 aromatic rings. The first-order valence-corrected chi connectivity index (χ1v) is 17.6. The van der Waals surface area contributed by atoms with Gasteiger partial charge in [0.25, 0.3) is 0 Å². The van der Waals surface area contributed by atoms with Crippen LogP contribution in [0.5, 0.6) is 0 Å². The van der Waals surface area contributed by atoms with Gasteiger partial charge < -0.3 is 45.6 Å². The predicted octanol–water partition coefficient (Wildman–Crippen LogP) is 1.65. The largest absolute Gasteiger partial charge is 0.547 e. The number of hydrogen-bond donors (Lipinski definition) is 7. The number of amidine groups is 1. The molecule has 0 bridgehead atoms. The number of carbonyl (C=O) groups excluding carboxylic acids is 1. The number of allylic oxidation sites excluding steroid dienone is 2. The van der Waals surface area contributed by atoms with E-state index in [9.17, 15) is 20.1 Å². The Kier molecular flexibility index (Phi) is 24.1. The van der Waals surface area contributed by atoms with Crippen molar-refractivity contribution in [2.75, 3.05) is 39.4 Å². The van der Waals surface area contributed by atoms with Gasteiger partial charge in [-0.3, -0.25) is 9.48 Å². The average Bonchev–Trinajstić information content (AvgIpc) is 3.45. The smallest absolute Gasteiger partial charge is 0.247 e. The van der Waals surface area contributed by atoms with E-state index >= 15 is 0 Å². The number of carbonyl (C=O) groups is 1. The van der Waals surface area contributed by atoms with Crippen LogP contribution >= 0.6 is 0 Å². The minimum Gasteiger partial charge on any atom is -0.547 e. The molecule has 11 heteroatoms. The minimum absolute atomic E-state index is 0.185. The van der Waals surface area contributed by atoms with Crippen LogP contribution in [0.3, 0.4) is 0 Å². The number of benzene rings is 1. The molecule has 5 atom stereocenters. The maximum absolute atomic E-state index is 10.7. The highest BCUT2D eigenvalue weighted by Crippen LogP contribution is 2.17. The standard InChI is InChI=1S/C30H51N2O2.C6H12O7/c1-2-3-4-5-6-7-8-9-10-11-12-13-14-15-19-22-30-31(25-26-33)23-24-32(30)27-29(34)28-20-17-16-18-21-28;7-1-2(8)3(9)4(10)5(11)6(12)13/h9-10,16-18,20-21,29,33-34H,2-8,11-15,19,22-27H2,1H3;2-5,7-11H,1H2,(H,12,13)/q+1;/p-1/b10-9-;/t;2-,3-,4+,5-/m.1/s1. The van der Waals surface area contributed by atoms with Gasteiger partial charge in [-0.25, -0.2) is 0 Å². The number of aliphatic hydroxyl groups is 7.